The molecule has 0 saturated carbocycles. The predicted molar refractivity (Wildman–Crippen MR) is 54.2 cm³/mol. The van der Waals surface area contributed by atoms with Crippen LogP contribution in [0.4, 0.5) is 0 Å². The van der Waals surface area contributed by atoms with Crippen LogP contribution in [0.5, 0.6) is 0 Å². The van der Waals surface area contributed by atoms with Gasteiger partial charge < -0.3 is 5.32 Å². The van der Waals surface area contributed by atoms with Gasteiger partial charge in [-0.05, 0) is 12.0 Å². The normalized spacial score (nSPS) is 9.50. The SMILES string of the molecule is CC(=O)NCCc1ccc(C=O)cc1. The van der Waals surface area contributed by atoms with Crippen LogP contribution in [0.2, 0.25) is 0 Å². The van der Waals surface area contributed by atoms with Crippen LogP contribution in [0.15, 0.2) is 24.3 Å². The van der Waals surface area contributed by atoms with Crippen LogP contribution in [0.3, 0.4) is 0 Å². The molecule has 0 spiro atoms. The van der Waals surface area contributed by atoms with Crippen molar-refractivity contribution >= 4 is 12.2 Å². The van der Waals surface area contributed by atoms with Crippen LogP contribution in [-0.4, -0.2) is 18.7 Å². The summed E-state index contributed by atoms with van der Waals surface area (Å²) in [5.41, 5.74) is 1.79. The van der Waals surface area contributed by atoms with Crippen LogP contribution in [-0.2, 0) is 11.2 Å². The highest BCUT2D eigenvalue weighted by Crippen LogP contribution is 2.02. The minimum absolute atomic E-state index is 0.0190. The van der Waals surface area contributed by atoms with Crippen LogP contribution in [0.25, 0.3) is 0 Å². The monoisotopic (exact) mass is 191 g/mol. The molecular weight excluding hydrogens is 178 g/mol. The maximum Gasteiger partial charge on any atom is 0.216 e. The van der Waals surface area contributed by atoms with Gasteiger partial charge in [-0.2, -0.15) is 0 Å². The van der Waals surface area contributed by atoms with E-state index >= 15 is 0 Å². The van der Waals surface area contributed by atoms with E-state index in [1.54, 1.807) is 12.1 Å². The zero-order chi connectivity index (χ0) is 10.4. The van der Waals surface area contributed by atoms with Crippen molar-refractivity contribution in [3.8, 4) is 0 Å². The maximum atomic E-state index is 10.6. The number of aldehydes is 1. The van der Waals surface area contributed by atoms with E-state index in [1.807, 2.05) is 12.1 Å². The van der Waals surface area contributed by atoms with Crippen molar-refractivity contribution in [2.75, 3.05) is 6.54 Å². The van der Waals surface area contributed by atoms with Crippen LogP contribution < -0.4 is 5.32 Å². The largest absolute Gasteiger partial charge is 0.356 e. The molecule has 0 atom stereocenters. The lowest BCUT2D eigenvalue weighted by atomic mass is 10.1. The van der Waals surface area contributed by atoms with Crippen molar-refractivity contribution in [3.05, 3.63) is 35.4 Å². The Morgan fingerprint density at radius 1 is 1.36 bits per heavy atom. The number of carbonyl (C=O) groups excluding carboxylic acids is 2. The van der Waals surface area contributed by atoms with Crippen molar-refractivity contribution in [1.82, 2.24) is 5.32 Å². The van der Waals surface area contributed by atoms with Crippen LogP contribution >= 0.6 is 0 Å². The molecule has 3 heteroatoms. The summed E-state index contributed by atoms with van der Waals surface area (Å²) in [4.78, 5) is 20.9. The fraction of sp³-hybridized carbons (Fsp3) is 0.273. The van der Waals surface area contributed by atoms with Gasteiger partial charge in [-0.3, -0.25) is 9.59 Å². The number of rotatable bonds is 4. The summed E-state index contributed by atoms with van der Waals surface area (Å²) in [6, 6.07) is 7.34. The van der Waals surface area contributed by atoms with E-state index in [1.165, 1.54) is 6.92 Å². The second-order valence-electron chi connectivity index (χ2n) is 3.09. The first-order chi connectivity index (χ1) is 6.72. The Hall–Kier alpha value is -1.64. The van der Waals surface area contributed by atoms with Gasteiger partial charge in [0.1, 0.15) is 6.29 Å². The smallest absolute Gasteiger partial charge is 0.216 e. The Balaban J connectivity index is 2.43. The minimum atomic E-state index is -0.0190. The molecule has 1 aromatic carbocycles. The van der Waals surface area contributed by atoms with Gasteiger partial charge in [0.15, 0.2) is 0 Å². The third kappa shape index (κ3) is 3.39. The van der Waals surface area contributed by atoms with Crippen molar-refractivity contribution < 1.29 is 9.59 Å². The first kappa shape index (κ1) is 10.4. The van der Waals surface area contributed by atoms with Crippen molar-refractivity contribution in [1.29, 1.82) is 0 Å². The number of carbonyl (C=O) groups is 2. The van der Waals surface area contributed by atoms with Gasteiger partial charge in [-0.1, -0.05) is 24.3 Å². The lowest BCUT2D eigenvalue weighted by molar-refractivity contribution is -0.118. The fourth-order valence-electron chi connectivity index (χ4n) is 1.15. The van der Waals surface area contributed by atoms with Gasteiger partial charge in [0.2, 0.25) is 5.91 Å². The summed E-state index contributed by atoms with van der Waals surface area (Å²) >= 11 is 0. The van der Waals surface area contributed by atoms with E-state index in [2.05, 4.69) is 5.32 Å². The standard InChI is InChI=1S/C11H13NO2/c1-9(14)12-7-6-10-2-4-11(8-13)5-3-10/h2-5,8H,6-7H2,1H3,(H,12,14). The molecule has 14 heavy (non-hydrogen) atoms. The van der Waals surface area contributed by atoms with E-state index in [0.29, 0.717) is 12.1 Å². The van der Waals surface area contributed by atoms with Crippen molar-refractivity contribution in [2.24, 2.45) is 0 Å². The molecule has 0 unspecified atom stereocenters. The van der Waals surface area contributed by atoms with E-state index in [0.717, 1.165) is 18.3 Å². The Labute approximate surface area is 83.1 Å². The van der Waals surface area contributed by atoms with Crippen molar-refractivity contribution in [2.45, 2.75) is 13.3 Å². The van der Waals surface area contributed by atoms with Gasteiger partial charge >= 0.3 is 0 Å². The van der Waals surface area contributed by atoms with E-state index in [4.69, 9.17) is 0 Å². The molecule has 74 valence electrons. The second-order valence-corrected chi connectivity index (χ2v) is 3.09. The quantitative estimate of drug-likeness (QED) is 0.726. The first-order valence-electron chi connectivity index (χ1n) is 4.51. The first-order valence-corrected chi connectivity index (χ1v) is 4.51. The summed E-state index contributed by atoms with van der Waals surface area (Å²) in [6.07, 6.45) is 1.61. The van der Waals surface area contributed by atoms with Gasteiger partial charge in [0, 0.05) is 19.0 Å². The molecule has 0 aliphatic heterocycles. The number of hydrogen-bond donors (Lipinski definition) is 1. The molecule has 0 heterocycles. The topological polar surface area (TPSA) is 46.2 Å². The molecule has 0 bridgehead atoms. The molecule has 0 aromatic heterocycles. The number of amides is 1. The second kappa shape index (κ2) is 5.17. The van der Waals surface area contributed by atoms with Crippen LogP contribution in [0, 0.1) is 0 Å². The molecule has 1 amide bonds. The maximum absolute atomic E-state index is 10.6. The zero-order valence-corrected chi connectivity index (χ0v) is 8.12. The van der Waals surface area contributed by atoms with Gasteiger partial charge in [-0.25, -0.2) is 0 Å². The van der Waals surface area contributed by atoms with Gasteiger partial charge in [-0.15, -0.1) is 0 Å². The summed E-state index contributed by atoms with van der Waals surface area (Å²) < 4.78 is 0. The fourth-order valence-corrected chi connectivity index (χ4v) is 1.15. The van der Waals surface area contributed by atoms with E-state index < -0.39 is 0 Å². The molecule has 3 nitrogen and oxygen atoms in total. The molecule has 0 aliphatic rings. The molecule has 0 fully saturated rings. The zero-order valence-electron chi connectivity index (χ0n) is 8.12. The van der Waals surface area contributed by atoms with E-state index in [9.17, 15) is 9.59 Å². The van der Waals surface area contributed by atoms with Crippen molar-refractivity contribution in [3.63, 3.8) is 0 Å². The molecular formula is C11H13NO2. The lowest BCUT2D eigenvalue weighted by Gasteiger charge is -2.02. The summed E-state index contributed by atoms with van der Waals surface area (Å²) in [7, 11) is 0. The number of nitrogens with one attached hydrogen (secondary N) is 1. The Kier molecular flexibility index (Phi) is 3.85. The third-order valence-electron chi connectivity index (χ3n) is 1.90. The Bertz CT molecular complexity index is 317. The minimum Gasteiger partial charge on any atom is -0.356 e. The predicted octanol–water partition coefficient (Wildman–Crippen LogP) is 1.18. The highest BCUT2D eigenvalue weighted by molar-refractivity contribution is 5.74. The molecule has 1 aromatic rings. The molecule has 1 N–H and O–H groups in total. The summed E-state index contributed by atoms with van der Waals surface area (Å²) in [5, 5.41) is 2.71. The summed E-state index contributed by atoms with van der Waals surface area (Å²) in [5.74, 6) is -0.0190. The number of hydrogen-bond acceptors (Lipinski definition) is 2. The average molecular weight is 191 g/mol. The molecule has 0 radical (unpaired) electrons. The molecule has 0 saturated heterocycles. The highest BCUT2D eigenvalue weighted by Gasteiger charge is 1.94. The van der Waals surface area contributed by atoms with Gasteiger partial charge in [0.25, 0.3) is 0 Å². The van der Waals surface area contributed by atoms with Gasteiger partial charge in [0.05, 0.1) is 0 Å². The third-order valence-corrected chi connectivity index (χ3v) is 1.90. The molecule has 0 aliphatic carbocycles. The Morgan fingerprint density at radius 2 is 2.00 bits per heavy atom. The highest BCUT2D eigenvalue weighted by atomic mass is 16.1. The van der Waals surface area contributed by atoms with Crippen LogP contribution in [0.1, 0.15) is 22.8 Å². The summed E-state index contributed by atoms with van der Waals surface area (Å²) in [6.45, 7) is 2.13. The Morgan fingerprint density at radius 3 is 2.50 bits per heavy atom. The van der Waals surface area contributed by atoms with E-state index in [-0.39, 0.29) is 5.91 Å². The number of benzene rings is 1. The lowest BCUT2D eigenvalue weighted by Crippen LogP contribution is -2.22. The molecule has 1 rings (SSSR count). The average Bonchev–Trinajstić information content (AvgIpc) is 2.18.